The first kappa shape index (κ1) is 12.4. The molecule has 0 aromatic carbocycles. The van der Waals surface area contributed by atoms with Crippen LogP contribution >= 0.6 is 11.6 Å². The summed E-state index contributed by atoms with van der Waals surface area (Å²) in [4.78, 5) is 8.27. The zero-order chi connectivity index (χ0) is 10.9. The maximum atomic E-state index is 5.72. The van der Waals surface area contributed by atoms with Crippen molar-refractivity contribution in [2.75, 3.05) is 12.4 Å². The van der Waals surface area contributed by atoms with E-state index in [9.17, 15) is 0 Å². The molecule has 0 bridgehead atoms. The van der Waals surface area contributed by atoms with E-state index < -0.39 is 0 Å². The molecule has 0 saturated carbocycles. The van der Waals surface area contributed by atoms with Crippen LogP contribution in [0.4, 0.5) is 0 Å². The fourth-order valence-electron chi connectivity index (χ4n) is 1.27. The Kier molecular flexibility index (Phi) is 6.28. The van der Waals surface area contributed by atoms with Crippen LogP contribution in [-0.2, 0) is 6.54 Å². The van der Waals surface area contributed by atoms with E-state index >= 15 is 0 Å². The highest BCUT2D eigenvalue weighted by Gasteiger charge is 1.99. The number of hydrogen-bond acceptors (Lipinski definition) is 3. The van der Waals surface area contributed by atoms with Gasteiger partial charge in [-0.2, -0.15) is 0 Å². The van der Waals surface area contributed by atoms with Crippen LogP contribution in [0.5, 0.6) is 0 Å². The Bertz CT molecular complexity index is 253. The van der Waals surface area contributed by atoms with Crippen LogP contribution in [0, 0.1) is 5.92 Å². The Morgan fingerprint density at radius 1 is 1.40 bits per heavy atom. The highest BCUT2D eigenvalue weighted by molar-refractivity contribution is 6.18. The fraction of sp³-hybridized carbons (Fsp3) is 0.636. The monoisotopic (exact) mass is 227 g/mol. The highest BCUT2D eigenvalue weighted by atomic mass is 35.5. The Morgan fingerprint density at radius 2 is 2.13 bits per heavy atom. The summed E-state index contributed by atoms with van der Waals surface area (Å²) in [5, 5.41) is 3.31. The lowest BCUT2D eigenvalue weighted by atomic mass is 10.1. The van der Waals surface area contributed by atoms with Gasteiger partial charge in [0.2, 0.25) is 0 Å². The molecule has 0 radical (unpaired) electrons. The maximum absolute atomic E-state index is 5.72. The largest absolute Gasteiger partial charge is 0.310 e. The molecule has 1 rings (SSSR count). The smallest absolute Gasteiger partial charge is 0.141 e. The number of alkyl halides is 1. The first-order valence-corrected chi connectivity index (χ1v) is 5.89. The van der Waals surface area contributed by atoms with Gasteiger partial charge in [-0.1, -0.05) is 6.92 Å². The SMILES string of the molecule is CC(CCl)CCCNCc1ncccn1. The minimum absolute atomic E-state index is 0.612. The van der Waals surface area contributed by atoms with Crippen LogP contribution < -0.4 is 5.32 Å². The van der Waals surface area contributed by atoms with Gasteiger partial charge in [0.1, 0.15) is 5.82 Å². The zero-order valence-electron chi connectivity index (χ0n) is 9.12. The average Bonchev–Trinajstić information content (AvgIpc) is 2.29. The molecule has 1 unspecified atom stereocenters. The standard InChI is InChI=1S/C11H18ClN3/c1-10(8-12)4-2-5-13-9-11-14-6-3-7-15-11/h3,6-7,10,13H,2,4-5,8-9H2,1H3. The number of rotatable bonds is 7. The third-order valence-electron chi connectivity index (χ3n) is 2.22. The van der Waals surface area contributed by atoms with Gasteiger partial charge < -0.3 is 5.32 Å². The van der Waals surface area contributed by atoms with E-state index in [-0.39, 0.29) is 0 Å². The summed E-state index contributed by atoms with van der Waals surface area (Å²) in [6, 6.07) is 1.83. The van der Waals surface area contributed by atoms with Crippen LogP contribution in [0.15, 0.2) is 18.5 Å². The number of halogens is 1. The number of hydrogen-bond donors (Lipinski definition) is 1. The predicted octanol–water partition coefficient (Wildman–Crippen LogP) is 2.22. The molecule has 1 atom stereocenters. The molecule has 1 heterocycles. The lowest BCUT2D eigenvalue weighted by Crippen LogP contribution is -2.17. The predicted molar refractivity (Wildman–Crippen MR) is 62.9 cm³/mol. The summed E-state index contributed by atoms with van der Waals surface area (Å²) >= 11 is 5.72. The topological polar surface area (TPSA) is 37.8 Å². The second-order valence-electron chi connectivity index (χ2n) is 3.74. The Hall–Kier alpha value is -0.670. The summed E-state index contributed by atoms with van der Waals surface area (Å²) in [7, 11) is 0. The van der Waals surface area contributed by atoms with E-state index in [1.54, 1.807) is 12.4 Å². The minimum Gasteiger partial charge on any atom is -0.310 e. The van der Waals surface area contributed by atoms with Gasteiger partial charge in [0.05, 0.1) is 6.54 Å². The molecule has 1 N–H and O–H groups in total. The highest BCUT2D eigenvalue weighted by Crippen LogP contribution is 2.06. The Labute approximate surface area is 96.3 Å². The van der Waals surface area contributed by atoms with Crippen molar-refractivity contribution in [2.24, 2.45) is 5.92 Å². The van der Waals surface area contributed by atoms with Crippen molar-refractivity contribution < 1.29 is 0 Å². The second kappa shape index (κ2) is 7.60. The number of aromatic nitrogens is 2. The van der Waals surface area contributed by atoms with Crippen LogP contribution in [0.1, 0.15) is 25.6 Å². The molecule has 0 aliphatic carbocycles. The molecule has 1 aromatic rings. The fourth-order valence-corrected chi connectivity index (χ4v) is 1.43. The van der Waals surface area contributed by atoms with E-state index in [1.165, 1.54) is 6.42 Å². The van der Waals surface area contributed by atoms with Crippen molar-refractivity contribution in [3.05, 3.63) is 24.3 Å². The van der Waals surface area contributed by atoms with Crippen LogP contribution in [0.25, 0.3) is 0 Å². The van der Waals surface area contributed by atoms with Gasteiger partial charge in [-0.25, -0.2) is 9.97 Å². The lowest BCUT2D eigenvalue weighted by Gasteiger charge is -2.07. The normalized spacial score (nSPS) is 12.7. The third-order valence-corrected chi connectivity index (χ3v) is 2.74. The molecule has 3 nitrogen and oxygen atoms in total. The summed E-state index contributed by atoms with van der Waals surface area (Å²) in [6.45, 7) is 3.92. The van der Waals surface area contributed by atoms with E-state index in [0.717, 1.165) is 31.2 Å². The summed E-state index contributed by atoms with van der Waals surface area (Å²) in [5.41, 5.74) is 0. The van der Waals surface area contributed by atoms with Crippen molar-refractivity contribution in [3.63, 3.8) is 0 Å². The van der Waals surface area contributed by atoms with E-state index in [1.807, 2.05) is 6.07 Å². The molecule has 0 fully saturated rings. The average molecular weight is 228 g/mol. The minimum atomic E-state index is 0.612. The molecule has 0 aliphatic rings. The van der Waals surface area contributed by atoms with Gasteiger partial charge in [0, 0.05) is 18.3 Å². The molecule has 1 aromatic heterocycles. The first-order valence-electron chi connectivity index (χ1n) is 5.35. The molecule has 0 amide bonds. The van der Waals surface area contributed by atoms with Crippen LogP contribution in [0.3, 0.4) is 0 Å². The molecule has 84 valence electrons. The van der Waals surface area contributed by atoms with Gasteiger partial charge in [-0.05, 0) is 31.4 Å². The summed E-state index contributed by atoms with van der Waals surface area (Å²) < 4.78 is 0. The Balaban J connectivity index is 2.03. The van der Waals surface area contributed by atoms with Crippen molar-refractivity contribution in [1.82, 2.24) is 15.3 Å². The van der Waals surface area contributed by atoms with Crippen LogP contribution in [0.2, 0.25) is 0 Å². The number of nitrogens with zero attached hydrogens (tertiary/aromatic N) is 2. The summed E-state index contributed by atoms with van der Waals surface area (Å²) in [5.74, 6) is 2.21. The van der Waals surface area contributed by atoms with Crippen molar-refractivity contribution in [2.45, 2.75) is 26.3 Å². The molecule has 4 heteroatoms. The molecule has 0 aliphatic heterocycles. The van der Waals surface area contributed by atoms with Gasteiger partial charge >= 0.3 is 0 Å². The summed E-state index contributed by atoms with van der Waals surface area (Å²) in [6.07, 6.45) is 5.85. The molecular weight excluding hydrogens is 210 g/mol. The van der Waals surface area contributed by atoms with E-state index in [4.69, 9.17) is 11.6 Å². The molecule has 0 spiro atoms. The van der Waals surface area contributed by atoms with E-state index in [0.29, 0.717) is 5.92 Å². The molecule has 0 saturated heterocycles. The zero-order valence-corrected chi connectivity index (χ0v) is 9.87. The van der Waals surface area contributed by atoms with Gasteiger partial charge in [0.25, 0.3) is 0 Å². The number of nitrogens with one attached hydrogen (secondary N) is 1. The first-order chi connectivity index (χ1) is 7.33. The van der Waals surface area contributed by atoms with Gasteiger partial charge in [0.15, 0.2) is 0 Å². The second-order valence-corrected chi connectivity index (χ2v) is 4.05. The van der Waals surface area contributed by atoms with Crippen molar-refractivity contribution in [1.29, 1.82) is 0 Å². The Morgan fingerprint density at radius 3 is 2.80 bits per heavy atom. The van der Waals surface area contributed by atoms with Crippen molar-refractivity contribution >= 4 is 11.6 Å². The molecule has 15 heavy (non-hydrogen) atoms. The van der Waals surface area contributed by atoms with Gasteiger partial charge in [-0.3, -0.25) is 0 Å². The maximum Gasteiger partial charge on any atom is 0.141 e. The third kappa shape index (κ3) is 5.70. The lowest BCUT2D eigenvalue weighted by molar-refractivity contribution is 0.527. The quantitative estimate of drug-likeness (QED) is 0.574. The van der Waals surface area contributed by atoms with Crippen molar-refractivity contribution in [3.8, 4) is 0 Å². The molecular formula is C11H18ClN3. The van der Waals surface area contributed by atoms with E-state index in [2.05, 4.69) is 22.2 Å². The van der Waals surface area contributed by atoms with Gasteiger partial charge in [-0.15, -0.1) is 11.6 Å². The van der Waals surface area contributed by atoms with Crippen LogP contribution in [-0.4, -0.2) is 22.4 Å².